The number of benzene rings is 1. The highest BCUT2D eigenvalue weighted by Crippen LogP contribution is 2.23. The van der Waals surface area contributed by atoms with E-state index in [4.69, 9.17) is 5.26 Å². The minimum atomic E-state index is -0.400. The predicted molar refractivity (Wildman–Crippen MR) is 64.3 cm³/mol. The second-order valence-corrected chi connectivity index (χ2v) is 3.61. The lowest BCUT2D eigenvalue weighted by Crippen LogP contribution is -2.14. The summed E-state index contributed by atoms with van der Waals surface area (Å²) in [5.41, 5.74) is 1.99. The molecule has 17 heavy (non-hydrogen) atoms. The van der Waals surface area contributed by atoms with E-state index in [1.165, 1.54) is 6.92 Å². The van der Waals surface area contributed by atoms with E-state index in [9.17, 15) is 9.59 Å². The zero-order valence-electron chi connectivity index (χ0n) is 9.70. The van der Waals surface area contributed by atoms with Crippen LogP contribution in [-0.2, 0) is 9.59 Å². The van der Waals surface area contributed by atoms with Crippen molar-refractivity contribution < 1.29 is 9.59 Å². The normalized spacial score (nSPS) is 9.24. The molecule has 0 spiro atoms. The van der Waals surface area contributed by atoms with Gasteiger partial charge in [-0.15, -0.1) is 0 Å². The Hall–Kier alpha value is -2.35. The van der Waals surface area contributed by atoms with E-state index >= 15 is 0 Å². The SMILES string of the molecule is CC(=O)Nc1cc(C)ccc1NC(=O)CC#N. The highest BCUT2D eigenvalue weighted by atomic mass is 16.2. The molecule has 2 N–H and O–H groups in total. The Morgan fingerprint density at radius 2 is 2.00 bits per heavy atom. The van der Waals surface area contributed by atoms with Crippen molar-refractivity contribution in [1.29, 1.82) is 5.26 Å². The first kappa shape index (κ1) is 12.7. The number of rotatable bonds is 3. The average molecular weight is 231 g/mol. The number of aryl methyl sites for hydroxylation is 1. The van der Waals surface area contributed by atoms with Crippen molar-refractivity contribution in [2.45, 2.75) is 20.3 Å². The molecule has 0 atom stereocenters. The largest absolute Gasteiger partial charge is 0.325 e. The summed E-state index contributed by atoms with van der Waals surface area (Å²) in [5, 5.41) is 13.6. The fraction of sp³-hybridized carbons (Fsp3) is 0.250. The van der Waals surface area contributed by atoms with Crippen molar-refractivity contribution in [2.75, 3.05) is 10.6 Å². The molecule has 0 aliphatic heterocycles. The Labute approximate surface area is 99.4 Å². The Balaban J connectivity index is 2.94. The molecule has 0 aromatic heterocycles. The summed E-state index contributed by atoms with van der Waals surface area (Å²) in [7, 11) is 0. The van der Waals surface area contributed by atoms with Gasteiger partial charge in [0.2, 0.25) is 11.8 Å². The van der Waals surface area contributed by atoms with Gasteiger partial charge in [0.05, 0.1) is 17.4 Å². The van der Waals surface area contributed by atoms with Crippen LogP contribution in [0.2, 0.25) is 0 Å². The van der Waals surface area contributed by atoms with E-state index in [1.807, 2.05) is 13.0 Å². The van der Waals surface area contributed by atoms with Gasteiger partial charge in [-0.3, -0.25) is 9.59 Å². The molecule has 88 valence electrons. The monoisotopic (exact) mass is 231 g/mol. The quantitative estimate of drug-likeness (QED) is 0.832. The topological polar surface area (TPSA) is 82.0 Å². The summed E-state index contributed by atoms with van der Waals surface area (Å²) in [6.45, 7) is 3.27. The van der Waals surface area contributed by atoms with Crippen LogP contribution < -0.4 is 10.6 Å². The lowest BCUT2D eigenvalue weighted by atomic mass is 10.2. The first-order valence-electron chi connectivity index (χ1n) is 5.08. The first-order chi connectivity index (χ1) is 8.02. The fourth-order valence-electron chi connectivity index (χ4n) is 1.33. The molecule has 0 aliphatic rings. The van der Waals surface area contributed by atoms with Gasteiger partial charge in [-0.05, 0) is 24.6 Å². The van der Waals surface area contributed by atoms with Crippen LogP contribution in [0.4, 0.5) is 11.4 Å². The van der Waals surface area contributed by atoms with Crippen LogP contribution in [0.25, 0.3) is 0 Å². The zero-order valence-corrected chi connectivity index (χ0v) is 9.70. The first-order valence-corrected chi connectivity index (χ1v) is 5.08. The average Bonchev–Trinajstić information content (AvgIpc) is 2.21. The van der Waals surface area contributed by atoms with Gasteiger partial charge in [0.15, 0.2) is 0 Å². The second kappa shape index (κ2) is 5.66. The molecule has 1 aromatic rings. The molecule has 1 aromatic carbocycles. The molecule has 5 nitrogen and oxygen atoms in total. The number of carbonyl (C=O) groups is 2. The predicted octanol–water partition coefficient (Wildman–Crippen LogP) is 1.81. The second-order valence-electron chi connectivity index (χ2n) is 3.61. The van der Waals surface area contributed by atoms with Crippen LogP contribution >= 0.6 is 0 Å². The smallest absolute Gasteiger partial charge is 0.238 e. The maximum absolute atomic E-state index is 11.3. The summed E-state index contributed by atoms with van der Waals surface area (Å²) in [6, 6.07) is 7.02. The summed E-state index contributed by atoms with van der Waals surface area (Å²) in [6.07, 6.45) is -0.215. The Bertz CT molecular complexity index is 489. The van der Waals surface area contributed by atoms with E-state index in [1.54, 1.807) is 18.2 Å². The van der Waals surface area contributed by atoms with E-state index in [2.05, 4.69) is 10.6 Å². The van der Waals surface area contributed by atoms with Crippen LogP contribution in [0.5, 0.6) is 0 Å². The molecule has 5 heteroatoms. The lowest BCUT2D eigenvalue weighted by molar-refractivity contribution is -0.115. The molecule has 0 saturated heterocycles. The minimum Gasteiger partial charge on any atom is -0.325 e. The molecule has 0 radical (unpaired) electrons. The van der Waals surface area contributed by atoms with Crippen LogP contribution in [0.3, 0.4) is 0 Å². The van der Waals surface area contributed by atoms with Gasteiger partial charge in [-0.2, -0.15) is 5.26 Å². The molecule has 0 bridgehead atoms. The number of nitrogens with one attached hydrogen (secondary N) is 2. The molecule has 2 amide bonds. The number of nitrogens with zero attached hydrogens (tertiary/aromatic N) is 1. The molecule has 0 saturated carbocycles. The van der Waals surface area contributed by atoms with Crippen LogP contribution in [0.15, 0.2) is 18.2 Å². The molecule has 0 fully saturated rings. The van der Waals surface area contributed by atoms with Crippen LogP contribution in [0, 0.1) is 18.3 Å². The summed E-state index contributed by atoms with van der Waals surface area (Å²) in [4.78, 5) is 22.3. The van der Waals surface area contributed by atoms with Crippen LogP contribution in [-0.4, -0.2) is 11.8 Å². The zero-order chi connectivity index (χ0) is 12.8. The molecule has 0 unspecified atom stereocenters. The van der Waals surface area contributed by atoms with Crippen molar-refractivity contribution in [1.82, 2.24) is 0 Å². The van der Waals surface area contributed by atoms with Gasteiger partial charge in [0.25, 0.3) is 0 Å². The summed E-state index contributed by atoms with van der Waals surface area (Å²) >= 11 is 0. The van der Waals surface area contributed by atoms with E-state index in [0.717, 1.165) is 5.56 Å². The van der Waals surface area contributed by atoms with Gasteiger partial charge in [-0.1, -0.05) is 6.07 Å². The summed E-state index contributed by atoms with van der Waals surface area (Å²) in [5.74, 6) is -0.616. The highest BCUT2D eigenvalue weighted by Gasteiger charge is 2.07. The van der Waals surface area contributed by atoms with Crippen molar-refractivity contribution in [3.63, 3.8) is 0 Å². The van der Waals surface area contributed by atoms with Crippen molar-refractivity contribution >= 4 is 23.2 Å². The molecular weight excluding hydrogens is 218 g/mol. The van der Waals surface area contributed by atoms with Gasteiger partial charge >= 0.3 is 0 Å². The van der Waals surface area contributed by atoms with Crippen molar-refractivity contribution in [2.24, 2.45) is 0 Å². The third-order valence-corrected chi connectivity index (χ3v) is 2.00. The Morgan fingerprint density at radius 1 is 1.29 bits per heavy atom. The van der Waals surface area contributed by atoms with Crippen molar-refractivity contribution in [3.8, 4) is 6.07 Å². The number of hydrogen-bond acceptors (Lipinski definition) is 3. The Morgan fingerprint density at radius 3 is 2.59 bits per heavy atom. The number of amides is 2. The van der Waals surface area contributed by atoms with Gasteiger partial charge < -0.3 is 10.6 Å². The van der Waals surface area contributed by atoms with Gasteiger partial charge in [-0.25, -0.2) is 0 Å². The van der Waals surface area contributed by atoms with Crippen molar-refractivity contribution in [3.05, 3.63) is 23.8 Å². The maximum Gasteiger partial charge on any atom is 0.238 e. The highest BCUT2D eigenvalue weighted by molar-refractivity contribution is 5.99. The Kier molecular flexibility index (Phi) is 4.23. The summed E-state index contributed by atoms with van der Waals surface area (Å²) < 4.78 is 0. The fourth-order valence-corrected chi connectivity index (χ4v) is 1.33. The molecule has 0 heterocycles. The lowest BCUT2D eigenvalue weighted by Gasteiger charge is -2.11. The third-order valence-electron chi connectivity index (χ3n) is 2.00. The number of nitriles is 1. The van der Waals surface area contributed by atoms with E-state index in [-0.39, 0.29) is 12.3 Å². The van der Waals surface area contributed by atoms with Gasteiger partial charge in [0, 0.05) is 6.92 Å². The number of carbonyl (C=O) groups excluding carboxylic acids is 2. The molecule has 0 aliphatic carbocycles. The van der Waals surface area contributed by atoms with E-state index in [0.29, 0.717) is 11.4 Å². The maximum atomic E-state index is 11.3. The van der Waals surface area contributed by atoms with Gasteiger partial charge in [0.1, 0.15) is 6.42 Å². The standard InChI is InChI=1S/C12H13N3O2/c1-8-3-4-10(15-12(17)5-6-13)11(7-8)14-9(2)16/h3-4,7H,5H2,1-2H3,(H,14,16)(H,15,17). The minimum absolute atomic E-state index is 0.215. The van der Waals surface area contributed by atoms with E-state index < -0.39 is 5.91 Å². The molecule has 1 rings (SSSR count). The number of anilines is 2. The molecular formula is C12H13N3O2. The third kappa shape index (κ3) is 3.95. The van der Waals surface area contributed by atoms with Crippen LogP contribution in [0.1, 0.15) is 18.9 Å². The number of hydrogen-bond donors (Lipinski definition) is 2.